The van der Waals surface area contributed by atoms with Crippen LogP contribution in [0.4, 0.5) is 8.78 Å². The van der Waals surface area contributed by atoms with Crippen molar-refractivity contribution in [2.75, 3.05) is 11.5 Å². The third-order valence-corrected chi connectivity index (χ3v) is 5.74. The van der Waals surface area contributed by atoms with Gasteiger partial charge in [0.25, 0.3) is 0 Å². The molecule has 1 fully saturated rings. The molecule has 1 aromatic carbocycles. The van der Waals surface area contributed by atoms with E-state index in [2.05, 4.69) is 4.72 Å². The van der Waals surface area contributed by atoms with Crippen LogP contribution in [-0.2, 0) is 16.6 Å². The van der Waals surface area contributed by atoms with Crippen LogP contribution < -0.4 is 4.72 Å². The van der Waals surface area contributed by atoms with Crippen LogP contribution >= 0.6 is 11.8 Å². The zero-order valence-electron chi connectivity index (χ0n) is 10.6. The molecule has 1 unspecified atom stereocenters. The van der Waals surface area contributed by atoms with Crippen molar-refractivity contribution in [3.63, 3.8) is 0 Å². The van der Waals surface area contributed by atoms with E-state index in [1.165, 1.54) is 0 Å². The molecule has 1 saturated heterocycles. The number of aliphatic hydroxyl groups excluding tert-OH is 1. The fraction of sp³-hybridized carbons (Fsp3) is 0.500. The van der Waals surface area contributed by atoms with Gasteiger partial charge in [-0.3, -0.25) is 0 Å². The van der Waals surface area contributed by atoms with Gasteiger partial charge in [0, 0.05) is 11.8 Å². The zero-order chi connectivity index (χ0) is 14.8. The minimum Gasteiger partial charge on any atom is -0.392 e. The number of halogens is 2. The van der Waals surface area contributed by atoms with Crippen LogP contribution in [0.25, 0.3) is 0 Å². The van der Waals surface area contributed by atoms with Gasteiger partial charge in [-0.2, -0.15) is 11.8 Å². The average molecular weight is 323 g/mol. The van der Waals surface area contributed by atoms with Crippen LogP contribution in [0.1, 0.15) is 18.4 Å². The summed E-state index contributed by atoms with van der Waals surface area (Å²) < 4.78 is 53.7. The molecule has 2 rings (SSSR count). The Labute approximate surface area is 120 Å². The van der Waals surface area contributed by atoms with E-state index in [1.807, 2.05) is 0 Å². The van der Waals surface area contributed by atoms with Gasteiger partial charge >= 0.3 is 0 Å². The summed E-state index contributed by atoms with van der Waals surface area (Å²) in [7, 11) is -4.14. The van der Waals surface area contributed by atoms with Crippen molar-refractivity contribution in [3.05, 3.63) is 29.3 Å². The predicted octanol–water partition coefficient (Wildman–Crippen LogP) is 1.63. The first-order valence-corrected chi connectivity index (χ1v) is 8.76. The summed E-state index contributed by atoms with van der Waals surface area (Å²) >= 11 is 1.62. The standard InChI is InChI=1S/C12H15F2NO3S2/c13-10-4-8(6-16)5-11(12(10)14)20(17,18)15-9-2-1-3-19-7-9/h4-5,9,15-16H,1-3,6-7H2. The lowest BCUT2D eigenvalue weighted by molar-refractivity contribution is 0.280. The minimum absolute atomic E-state index is 0.0160. The molecule has 0 spiro atoms. The highest BCUT2D eigenvalue weighted by molar-refractivity contribution is 7.99. The molecule has 1 heterocycles. The highest BCUT2D eigenvalue weighted by Gasteiger charge is 2.26. The number of benzene rings is 1. The van der Waals surface area contributed by atoms with Gasteiger partial charge in [-0.15, -0.1) is 0 Å². The maximum atomic E-state index is 13.7. The molecule has 0 saturated carbocycles. The van der Waals surface area contributed by atoms with Crippen LogP contribution in [0.3, 0.4) is 0 Å². The zero-order valence-corrected chi connectivity index (χ0v) is 12.2. The van der Waals surface area contributed by atoms with Crippen molar-refractivity contribution in [3.8, 4) is 0 Å². The minimum atomic E-state index is -4.14. The van der Waals surface area contributed by atoms with Gasteiger partial charge in [-0.25, -0.2) is 21.9 Å². The normalized spacial score (nSPS) is 20.1. The molecule has 8 heteroatoms. The van der Waals surface area contributed by atoms with Gasteiger partial charge in [0.05, 0.1) is 6.61 Å². The monoisotopic (exact) mass is 323 g/mol. The van der Waals surface area contributed by atoms with Crippen LogP contribution in [0, 0.1) is 11.6 Å². The molecule has 0 aromatic heterocycles. The SMILES string of the molecule is O=S(=O)(NC1CCCSC1)c1cc(CO)cc(F)c1F. The lowest BCUT2D eigenvalue weighted by Crippen LogP contribution is -2.38. The Balaban J connectivity index is 2.30. The van der Waals surface area contributed by atoms with Gasteiger partial charge in [0.1, 0.15) is 4.90 Å². The Morgan fingerprint density at radius 1 is 1.40 bits per heavy atom. The van der Waals surface area contributed by atoms with Crippen molar-refractivity contribution >= 4 is 21.8 Å². The second kappa shape index (κ2) is 6.38. The Hall–Kier alpha value is -0.700. The molecule has 0 amide bonds. The average Bonchev–Trinajstić information content (AvgIpc) is 2.42. The number of rotatable bonds is 4. The number of sulfonamides is 1. The Bertz CT molecular complexity index is 587. The molecule has 112 valence electrons. The third kappa shape index (κ3) is 3.49. The fourth-order valence-corrected chi connectivity index (χ4v) is 4.61. The molecule has 20 heavy (non-hydrogen) atoms. The van der Waals surface area contributed by atoms with Gasteiger partial charge < -0.3 is 5.11 Å². The Kier molecular flexibility index (Phi) is 5.00. The number of nitrogens with one attached hydrogen (secondary N) is 1. The maximum absolute atomic E-state index is 13.7. The summed E-state index contributed by atoms with van der Waals surface area (Å²) in [4.78, 5) is -0.753. The largest absolute Gasteiger partial charge is 0.392 e. The molecule has 0 aliphatic carbocycles. The first-order valence-electron chi connectivity index (χ1n) is 6.13. The van der Waals surface area contributed by atoms with E-state index in [0.29, 0.717) is 12.2 Å². The van der Waals surface area contributed by atoms with Crippen LogP contribution in [0.5, 0.6) is 0 Å². The quantitative estimate of drug-likeness (QED) is 0.884. The number of thioether (sulfide) groups is 1. The third-order valence-electron chi connectivity index (χ3n) is 3.01. The molecule has 4 nitrogen and oxygen atoms in total. The predicted molar refractivity (Wildman–Crippen MR) is 72.9 cm³/mol. The van der Waals surface area contributed by atoms with Gasteiger partial charge in [0.2, 0.25) is 10.0 Å². The van der Waals surface area contributed by atoms with Crippen molar-refractivity contribution in [2.45, 2.75) is 30.4 Å². The van der Waals surface area contributed by atoms with Crippen LogP contribution in [0.15, 0.2) is 17.0 Å². The second-order valence-electron chi connectivity index (χ2n) is 4.58. The van der Waals surface area contributed by atoms with Crippen molar-refractivity contribution in [1.82, 2.24) is 4.72 Å². The second-order valence-corrected chi connectivity index (χ2v) is 7.42. The van der Waals surface area contributed by atoms with Crippen LogP contribution in [-0.4, -0.2) is 31.1 Å². The van der Waals surface area contributed by atoms with E-state index >= 15 is 0 Å². The fourth-order valence-electron chi connectivity index (χ4n) is 2.02. The topological polar surface area (TPSA) is 66.4 Å². The van der Waals surface area contributed by atoms with E-state index < -0.39 is 33.2 Å². The number of hydrogen-bond acceptors (Lipinski definition) is 4. The highest BCUT2D eigenvalue weighted by Crippen LogP contribution is 2.23. The van der Waals surface area contributed by atoms with E-state index in [0.717, 1.165) is 24.3 Å². The molecule has 1 atom stereocenters. The van der Waals surface area contributed by atoms with E-state index in [1.54, 1.807) is 11.8 Å². The van der Waals surface area contributed by atoms with Gasteiger partial charge in [-0.05, 0) is 36.3 Å². The van der Waals surface area contributed by atoms with E-state index in [9.17, 15) is 17.2 Å². The molecule has 1 aliphatic rings. The molecule has 0 bridgehead atoms. The van der Waals surface area contributed by atoms with E-state index in [4.69, 9.17) is 5.11 Å². The summed E-state index contributed by atoms with van der Waals surface area (Å²) in [6, 6.07) is 1.46. The van der Waals surface area contributed by atoms with Crippen molar-refractivity contribution in [1.29, 1.82) is 0 Å². The molecule has 1 aromatic rings. The van der Waals surface area contributed by atoms with Gasteiger partial charge in [0.15, 0.2) is 11.6 Å². The Morgan fingerprint density at radius 2 is 2.15 bits per heavy atom. The van der Waals surface area contributed by atoms with Crippen LogP contribution in [0.2, 0.25) is 0 Å². The maximum Gasteiger partial charge on any atom is 0.243 e. The molecular formula is C12H15F2NO3S2. The Morgan fingerprint density at radius 3 is 2.75 bits per heavy atom. The summed E-state index contributed by atoms with van der Waals surface area (Å²) in [6.07, 6.45) is 1.56. The van der Waals surface area contributed by atoms with Gasteiger partial charge in [-0.1, -0.05) is 0 Å². The number of hydrogen-bond donors (Lipinski definition) is 2. The van der Waals surface area contributed by atoms with E-state index in [-0.39, 0.29) is 11.6 Å². The first-order chi connectivity index (χ1) is 9.44. The van der Waals surface area contributed by atoms with Crippen molar-refractivity contribution in [2.24, 2.45) is 0 Å². The summed E-state index contributed by atoms with van der Waals surface area (Å²) in [6.45, 7) is -0.557. The lowest BCUT2D eigenvalue weighted by Gasteiger charge is -2.22. The lowest BCUT2D eigenvalue weighted by atomic mass is 10.2. The smallest absolute Gasteiger partial charge is 0.243 e. The number of aliphatic hydroxyl groups is 1. The first kappa shape index (κ1) is 15.7. The summed E-state index contributed by atoms with van der Waals surface area (Å²) in [5.74, 6) is -1.11. The molecular weight excluding hydrogens is 308 g/mol. The molecule has 1 aliphatic heterocycles. The summed E-state index contributed by atoms with van der Waals surface area (Å²) in [5.41, 5.74) is 0.0160. The van der Waals surface area contributed by atoms with Crippen molar-refractivity contribution < 1.29 is 22.3 Å². The summed E-state index contributed by atoms with van der Waals surface area (Å²) in [5, 5.41) is 8.96. The molecule has 2 N–H and O–H groups in total. The highest BCUT2D eigenvalue weighted by atomic mass is 32.2. The molecule has 0 radical (unpaired) electrons.